The van der Waals surface area contributed by atoms with Crippen molar-refractivity contribution in [1.82, 2.24) is 15.0 Å². The molecule has 1 aromatic carbocycles. The number of rotatable bonds is 7. The molecule has 0 spiro atoms. The Morgan fingerprint density at radius 2 is 1.96 bits per heavy atom. The molecule has 0 bridgehead atoms. The Balaban J connectivity index is 1.49. The van der Waals surface area contributed by atoms with Gasteiger partial charge in [0.25, 0.3) is 0 Å². The van der Waals surface area contributed by atoms with E-state index in [4.69, 9.17) is 14.0 Å². The van der Waals surface area contributed by atoms with Gasteiger partial charge in [0.2, 0.25) is 5.91 Å². The first-order valence-electron chi connectivity index (χ1n) is 9.36. The highest BCUT2D eigenvalue weighted by molar-refractivity contribution is 8.00. The molecule has 28 heavy (non-hydrogen) atoms. The van der Waals surface area contributed by atoms with Gasteiger partial charge in [-0.05, 0) is 31.5 Å². The van der Waals surface area contributed by atoms with Gasteiger partial charge < -0.3 is 18.9 Å². The molecule has 0 atom stereocenters. The highest BCUT2D eigenvalue weighted by atomic mass is 32.2. The molecule has 1 aromatic heterocycles. The van der Waals surface area contributed by atoms with E-state index in [9.17, 15) is 4.79 Å². The van der Waals surface area contributed by atoms with Crippen molar-refractivity contribution in [2.45, 2.75) is 24.8 Å². The maximum Gasteiger partial charge on any atom is 0.232 e. The SMILES string of the molecule is COc1ccc(SCC(=O)N2CCCN(Cc3cc(C)on3)CC2)cc1OC. The molecule has 1 amide bonds. The summed E-state index contributed by atoms with van der Waals surface area (Å²) in [5.74, 6) is 2.77. The van der Waals surface area contributed by atoms with E-state index in [2.05, 4.69) is 10.1 Å². The molecule has 2 aromatic rings. The number of hydrogen-bond donors (Lipinski definition) is 0. The fourth-order valence-electron chi connectivity index (χ4n) is 3.24. The summed E-state index contributed by atoms with van der Waals surface area (Å²) >= 11 is 1.52. The lowest BCUT2D eigenvalue weighted by Crippen LogP contribution is -2.36. The second-order valence-electron chi connectivity index (χ2n) is 6.74. The molecule has 2 heterocycles. The van der Waals surface area contributed by atoms with Crippen LogP contribution in [-0.2, 0) is 11.3 Å². The zero-order chi connectivity index (χ0) is 19.9. The molecule has 0 radical (unpaired) electrons. The molecule has 3 rings (SSSR count). The summed E-state index contributed by atoms with van der Waals surface area (Å²) in [7, 11) is 3.22. The number of aryl methyl sites for hydroxylation is 1. The smallest absolute Gasteiger partial charge is 0.232 e. The Labute approximate surface area is 169 Å². The van der Waals surface area contributed by atoms with Gasteiger partial charge >= 0.3 is 0 Å². The highest BCUT2D eigenvalue weighted by Gasteiger charge is 2.20. The maximum atomic E-state index is 12.7. The minimum Gasteiger partial charge on any atom is -0.493 e. The molecule has 0 N–H and O–H groups in total. The van der Waals surface area contributed by atoms with E-state index in [0.29, 0.717) is 17.3 Å². The number of nitrogens with zero attached hydrogens (tertiary/aromatic N) is 3. The van der Waals surface area contributed by atoms with Crippen molar-refractivity contribution in [2.24, 2.45) is 0 Å². The van der Waals surface area contributed by atoms with Crippen LogP contribution in [0.4, 0.5) is 0 Å². The summed E-state index contributed by atoms with van der Waals surface area (Å²) in [4.78, 5) is 17.9. The Bertz CT molecular complexity index is 796. The summed E-state index contributed by atoms with van der Waals surface area (Å²) in [6.45, 7) is 5.99. The van der Waals surface area contributed by atoms with Crippen molar-refractivity contribution in [3.8, 4) is 11.5 Å². The number of thioether (sulfide) groups is 1. The first kappa shape index (κ1) is 20.5. The average Bonchev–Trinajstić information content (AvgIpc) is 2.97. The minimum absolute atomic E-state index is 0.166. The average molecular weight is 406 g/mol. The van der Waals surface area contributed by atoms with Gasteiger partial charge in [0.05, 0.1) is 25.7 Å². The zero-order valence-corrected chi connectivity index (χ0v) is 17.5. The first-order valence-corrected chi connectivity index (χ1v) is 10.3. The molecule has 0 saturated carbocycles. The molecule has 0 aliphatic carbocycles. The normalized spacial score (nSPS) is 15.3. The van der Waals surface area contributed by atoms with Gasteiger partial charge in [-0.1, -0.05) is 5.16 Å². The van der Waals surface area contributed by atoms with Gasteiger partial charge in [-0.15, -0.1) is 11.8 Å². The van der Waals surface area contributed by atoms with Crippen LogP contribution in [0.3, 0.4) is 0 Å². The Morgan fingerprint density at radius 3 is 2.68 bits per heavy atom. The minimum atomic E-state index is 0.166. The second-order valence-corrected chi connectivity index (χ2v) is 7.79. The summed E-state index contributed by atoms with van der Waals surface area (Å²) in [6.07, 6.45) is 0.962. The number of amides is 1. The number of aromatic nitrogens is 1. The second kappa shape index (κ2) is 9.84. The lowest BCUT2D eigenvalue weighted by atomic mass is 10.3. The van der Waals surface area contributed by atoms with Gasteiger partial charge in [-0.25, -0.2) is 0 Å². The number of carbonyl (C=O) groups excluding carboxylic acids is 1. The van der Waals surface area contributed by atoms with Crippen molar-refractivity contribution in [3.63, 3.8) is 0 Å². The molecular formula is C20H27N3O4S. The van der Waals surface area contributed by atoms with Gasteiger partial charge in [-0.2, -0.15) is 0 Å². The van der Waals surface area contributed by atoms with Crippen LogP contribution in [0, 0.1) is 6.92 Å². The number of hydrogen-bond acceptors (Lipinski definition) is 7. The van der Waals surface area contributed by atoms with Gasteiger partial charge in [0.1, 0.15) is 5.76 Å². The fraction of sp³-hybridized carbons (Fsp3) is 0.500. The summed E-state index contributed by atoms with van der Waals surface area (Å²) in [6, 6.07) is 7.68. The largest absolute Gasteiger partial charge is 0.493 e. The summed E-state index contributed by atoms with van der Waals surface area (Å²) in [5.41, 5.74) is 0.946. The van der Waals surface area contributed by atoms with Crippen molar-refractivity contribution in [3.05, 3.63) is 35.7 Å². The topological polar surface area (TPSA) is 68.0 Å². The van der Waals surface area contributed by atoms with Crippen LogP contribution in [0.1, 0.15) is 17.9 Å². The van der Waals surface area contributed by atoms with Crippen LogP contribution in [-0.4, -0.2) is 67.0 Å². The molecule has 1 fully saturated rings. The molecule has 8 heteroatoms. The fourth-order valence-corrected chi connectivity index (χ4v) is 4.07. The number of benzene rings is 1. The molecule has 7 nitrogen and oxygen atoms in total. The third-order valence-electron chi connectivity index (χ3n) is 4.72. The molecular weight excluding hydrogens is 378 g/mol. The predicted octanol–water partition coefficient (Wildman–Crippen LogP) is 2.83. The van der Waals surface area contributed by atoms with Crippen LogP contribution in [0.2, 0.25) is 0 Å². The van der Waals surface area contributed by atoms with Crippen LogP contribution >= 0.6 is 11.8 Å². The van der Waals surface area contributed by atoms with E-state index in [1.54, 1.807) is 14.2 Å². The van der Waals surface area contributed by atoms with Crippen molar-refractivity contribution in [1.29, 1.82) is 0 Å². The monoisotopic (exact) mass is 405 g/mol. The Kier molecular flexibility index (Phi) is 7.22. The quantitative estimate of drug-likeness (QED) is 0.656. The van der Waals surface area contributed by atoms with E-state index in [1.165, 1.54) is 11.8 Å². The zero-order valence-electron chi connectivity index (χ0n) is 16.6. The van der Waals surface area contributed by atoms with Crippen LogP contribution in [0.15, 0.2) is 33.7 Å². The van der Waals surface area contributed by atoms with Gasteiger partial charge in [0.15, 0.2) is 11.5 Å². The predicted molar refractivity (Wildman–Crippen MR) is 108 cm³/mol. The number of methoxy groups -OCH3 is 2. The van der Waals surface area contributed by atoms with Crippen LogP contribution < -0.4 is 9.47 Å². The lowest BCUT2D eigenvalue weighted by molar-refractivity contribution is -0.128. The van der Waals surface area contributed by atoms with Crippen LogP contribution in [0.5, 0.6) is 11.5 Å². The maximum absolute atomic E-state index is 12.7. The van der Waals surface area contributed by atoms with E-state index in [0.717, 1.165) is 55.5 Å². The Morgan fingerprint density at radius 1 is 1.14 bits per heavy atom. The summed E-state index contributed by atoms with van der Waals surface area (Å²) in [5, 5.41) is 4.06. The third kappa shape index (κ3) is 5.42. The highest BCUT2D eigenvalue weighted by Crippen LogP contribution is 2.32. The van der Waals surface area contributed by atoms with Crippen LogP contribution in [0.25, 0.3) is 0 Å². The van der Waals surface area contributed by atoms with Crippen molar-refractivity contribution >= 4 is 17.7 Å². The van der Waals surface area contributed by atoms with Crippen molar-refractivity contribution < 1.29 is 18.8 Å². The standard InChI is InChI=1S/C20H27N3O4S/c1-15-11-16(21-27-15)13-22-7-4-8-23(10-9-22)20(24)14-28-17-5-6-18(25-2)19(12-17)26-3/h5-6,11-12H,4,7-10,13-14H2,1-3H3. The van der Waals surface area contributed by atoms with Crippen molar-refractivity contribution in [2.75, 3.05) is 46.2 Å². The van der Waals surface area contributed by atoms with Gasteiger partial charge in [-0.3, -0.25) is 9.69 Å². The van der Waals surface area contributed by atoms with E-state index in [1.807, 2.05) is 36.1 Å². The molecule has 1 saturated heterocycles. The lowest BCUT2D eigenvalue weighted by Gasteiger charge is -2.21. The first-order chi connectivity index (χ1) is 13.6. The molecule has 0 unspecified atom stereocenters. The molecule has 152 valence electrons. The van der Waals surface area contributed by atoms with E-state index in [-0.39, 0.29) is 5.91 Å². The van der Waals surface area contributed by atoms with E-state index >= 15 is 0 Å². The molecule has 1 aliphatic rings. The third-order valence-corrected chi connectivity index (χ3v) is 5.70. The summed E-state index contributed by atoms with van der Waals surface area (Å²) < 4.78 is 15.7. The number of carbonyl (C=O) groups is 1. The Hall–Kier alpha value is -2.19. The molecule has 1 aliphatic heterocycles. The van der Waals surface area contributed by atoms with E-state index < -0.39 is 0 Å². The number of ether oxygens (including phenoxy) is 2. The van der Waals surface area contributed by atoms with Gasteiger partial charge in [0, 0.05) is 43.7 Å².